The summed E-state index contributed by atoms with van der Waals surface area (Å²) in [6.07, 6.45) is 1.79. The van der Waals surface area contributed by atoms with Crippen molar-refractivity contribution in [1.29, 1.82) is 0 Å². The molecule has 0 saturated carbocycles. The van der Waals surface area contributed by atoms with Crippen molar-refractivity contribution in [1.82, 2.24) is 4.90 Å². The molecule has 1 N–H and O–H groups in total. The molecule has 1 saturated heterocycles. The third-order valence-electron chi connectivity index (χ3n) is 4.02. The summed E-state index contributed by atoms with van der Waals surface area (Å²) in [7, 11) is 1.65. The minimum absolute atomic E-state index is 0.143. The fraction of sp³-hybridized carbons (Fsp3) is 0.562. The number of likely N-dealkylation sites (tertiary alicyclic amines) is 1. The minimum atomic E-state index is -0.347. The normalized spacial score (nSPS) is 19.9. The first-order chi connectivity index (χ1) is 9.63. The van der Waals surface area contributed by atoms with E-state index in [1.165, 1.54) is 5.56 Å². The van der Waals surface area contributed by atoms with Crippen molar-refractivity contribution >= 4 is 5.91 Å². The van der Waals surface area contributed by atoms with E-state index in [1.807, 2.05) is 24.3 Å². The van der Waals surface area contributed by atoms with E-state index in [0.29, 0.717) is 25.9 Å². The topological polar surface area (TPSA) is 49.8 Å². The minimum Gasteiger partial charge on any atom is -0.497 e. The average molecular weight is 277 g/mol. The Labute approximate surface area is 120 Å². The van der Waals surface area contributed by atoms with Crippen molar-refractivity contribution in [3.63, 3.8) is 0 Å². The van der Waals surface area contributed by atoms with Gasteiger partial charge in [-0.25, -0.2) is 0 Å². The predicted octanol–water partition coefficient (Wildman–Crippen LogP) is 2.17. The van der Waals surface area contributed by atoms with E-state index < -0.39 is 0 Å². The van der Waals surface area contributed by atoms with Crippen LogP contribution >= 0.6 is 0 Å². The Kier molecular flexibility index (Phi) is 5.01. The molecule has 1 heterocycles. The lowest BCUT2D eigenvalue weighted by Gasteiger charge is -2.20. The molecule has 1 aromatic rings. The van der Waals surface area contributed by atoms with E-state index in [2.05, 4.69) is 6.92 Å². The van der Waals surface area contributed by atoms with Crippen molar-refractivity contribution in [2.45, 2.75) is 38.2 Å². The number of carbonyl (C=O) groups is 1. The van der Waals surface area contributed by atoms with Crippen LogP contribution in [-0.2, 0) is 4.79 Å². The van der Waals surface area contributed by atoms with Gasteiger partial charge >= 0.3 is 0 Å². The first kappa shape index (κ1) is 14.9. The molecule has 110 valence electrons. The van der Waals surface area contributed by atoms with Crippen LogP contribution in [0.2, 0.25) is 0 Å². The number of rotatable bonds is 5. The second-order valence-electron chi connectivity index (χ2n) is 5.36. The Bertz CT molecular complexity index is 444. The Morgan fingerprint density at radius 3 is 2.65 bits per heavy atom. The Hall–Kier alpha value is -1.55. The van der Waals surface area contributed by atoms with E-state index >= 15 is 0 Å². The summed E-state index contributed by atoms with van der Waals surface area (Å²) in [5, 5.41) is 9.51. The van der Waals surface area contributed by atoms with E-state index in [0.717, 1.165) is 12.2 Å². The number of benzene rings is 1. The van der Waals surface area contributed by atoms with Gasteiger partial charge in [-0.05, 0) is 36.5 Å². The maximum Gasteiger partial charge on any atom is 0.223 e. The van der Waals surface area contributed by atoms with E-state index in [-0.39, 0.29) is 17.9 Å². The first-order valence-corrected chi connectivity index (χ1v) is 7.23. The van der Waals surface area contributed by atoms with Gasteiger partial charge in [-0.15, -0.1) is 0 Å². The molecular formula is C16H23NO3. The molecule has 1 aliphatic heterocycles. The van der Waals surface area contributed by atoms with Gasteiger partial charge in [0.1, 0.15) is 5.75 Å². The summed E-state index contributed by atoms with van der Waals surface area (Å²) >= 11 is 0. The van der Waals surface area contributed by atoms with Gasteiger partial charge in [-0.3, -0.25) is 4.79 Å². The van der Waals surface area contributed by atoms with Gasteiger partial charge in [0.15, 0.2) is 0 Å². The molecule has 0 aliphatic carbocycles. The van der Waals surface area contributed by atoms with Crippen molar-refractivity contribution in [3.05, 3.63) is 29.8 Å². The van der Waals surface area contributed by atoms with Crippen molar-refractivity contribution < 1.29 is 14.6 Å². The van der Waals surface area contributed by atoms with E-state index in [4.69, 9.17) is 4.74 Å². The highest BCUT2D eigenvalue weighted by molar-refractivity contribution is 5.77. The number of aliphatic hydroxyl groups is 1. The summed E-state index contributed by atoms with van der Waals surface area (Å²) in [6, 6.07) is 7.92. The third-order valence-corrected chi connectivity index (χ3v) is 4.02. The van der Waals surface area contributed by atoms with Crippen LogP contribution in [0.3, 0.4) is 0 Å². The lowest BCUT2D eigenvalue weighted by molar-refractivity contribution is -0.130. The molecule has 1 aromatic carbocycles. The number of methoxy groups -OCH3 is 1. The number of amides is 1. The molecule has 1 amide bonds. The van der Waals surface area contributed by atoms with Crippen LogP contribution < -0.4 is 4.74 Å². The van der Waals surface area contributed by atoms with Crippen molar-refractivity contribution in [2.75, 3.05) is 20.2 Å². The molecule has 0 aromatic heterocycles. The monoisotopic (exact) mass is 277 g/mol. The second kappa shape index (κ2) is 6.75. The van der Waals surface area contributed by atoms with Crippen molar-refractivity contribution in [2.24, 2.45) is 0 Å². The molecule has 0 unspecified atom stereocenters. The largest absolute Gasteiger partial charge is 0.497 e. The molecule has 0 spiro atoms. The summed E-state index contributed by atoms with van der Waals surface area (Å²) in [5.41, 5.74) is 1.17. The van der Waals surface area contributed by atoms with Gasteiger partial charge in [0.2, 0.25) is 5.91 Å². The van der Waals surface area contributed by atoms with Gasteiger partial charge in [0.25, 0.3) is 0 Å². The molecule has 2 rings (SSSR count). The van der Waals surface area contributed by atoms with Gasteiger partial charge < -0.3 is 14.7 Å². The Morgan fingerprint density at radius 1 is 1.45 bits per heavy atom. The molecule has 1 aliphatic rings. The zero-order valence-electron chi connectivity index (χ0n) is 12.2. The molecule has 4 heteroatoms. The fourth-order valence-electron chi connectivity index (χ4n) is 2.68. The molecule has 0 bridgehead atoms. The summed E-state index contributed by atoms with van der Waals surface area (Å²) in [5.74, 6) is 1.20. The van der Waals surface area contributed by atoms with Crippen LogP contribution in [0.4, 0.5) is 0 Å². The number of hydrogen-bond acceptors (Lipinski definition) is 3. The smallest absolute Gasteiger partial charge is 0.223 e. The van der Waals surface area contributed by atoms with Crippen molar-refractivity contribution in [3.8, 4) is 5.75 Å². The van der Waals surface area contributed by atoms with Gasteiger partial charge in [-0.2, -0.15) is 0 Å². The lowest BCUT2D eigenvalue weighted by Crippen LogP contribution is -2.30. The van der Waals surface area contributed by atoms with E-state index in [1.54, 1.807) is 12.0 Å². The highest BCUT2D eigenvalue weighted by Crippen LogP contribution is 2.26. The SMILES string of the molecule is CC[C@H](CC(=O)N1CC[C@H](O)C1)c1ccc(OC)cc1. The summed E-state index contributed by atoms with van der Waals surface area (Å²) in [6.45, 7) is 3.26. The van der Waals surface area contributed by atoms with Gasteiger partial charge in [0, 0.05) is 19.5 Å². The van der Waals surface area contributed by atoms with Gasteiger partial charge in [-0.1, -0.05) is 19.1 Å². The van der Waals surface area contributed by atoms with Crippen LogP contribution in [0.15, 0.2) is 24.3 Å². The summed E-state index contributed by atoms with van der Waals surface area (Å²) in [4.78, 5) is 14.0. The van der Waals surface area contributed by atoms with Crippen LogP contribution in [0.1, 0.15) is 37.7 Å². The third kappa shape index (κ3) is 3.51. The standard InChI is InChI=1S/C16H23NO3/c1-3-12(13-4-6-15(20-2)7-5-13)10-16(19)17-9-8-14(18)11-17/h4-7,12,14,18H,3,8-11H2,1-2H3/t12-,14+/m1/s1. The average Bonchev–Trinajstić information content (AvgIpc) is 2.91. The maximum absolute atomic E-state index is 12.2. The Balaban J connectivity index is 1.99. The number of aliphatic hydroxyl groups excluding tert-OH is 1. The molecule has 2 atom stereocenters. The molecular weight excluding hydrogens is 254 g/mol. The van der Waals surface area contributed by atoms with Crippen LogP contribution in [0, 0.1) is 0 Å². The predicted molar refractivity (Wildman–Crippen MR) is 77.8 cm³/mol. The number of hydrogen-bond donors (Lipinski definition) is 1. The highest BCUT2D eigenvalue weighted by Gasteiger charge is 2.26. The maximum atomic E-state index is 12.2. The molecule has 1 fully saturated rings. The van der Waals surface area contributed by atoms with Crippen LogP contribution in [0.25, 0.3) is 0 Å². The summed E-state index contributed by atoms with van der Waals surface area (Å²) < 4.78 is 5.15. The molecule has 20 heavy (non-hydrogen) atoms. The Morgan fingerprint density at radius 2 is 2.15 bits per heavy atom. The second-order valence-corrected chi connectivity index (χ2v) is 5.36. The number of nitrogens with zero attached hydrogens (tertiary/aromatic N) is 1. The first-order valence-electron chi connectivity index (χ1n) is 7.23. The number of ether oxygens (including phenoxy) is 1. The number of carbonyl (C=O) groups excluding carboxylic acids is 1. The molecule has 4 nitrogen and oxygen atoms in total. The van der Waals surface area contributed by atoms with E-state index in [9.17, 15) is 9.90 Å². The van der Waals surface area contributed by atoms with Crippen LogP contribution in [-0.4, -0.2) is 42.2 Å². The fourth-order valence-corrected chi connectivity index (χ4v) is 2.68. The zero-order valence-corrected chi connectivity index (χ0v) is 12.2. The quantitative estimate of drug-likeness (QED) is 0.897. The highest BCUT2D eigenvalue weighted by atomic mass is 16.5. The lowest BCUT2D eigenvalue weighted by atomic mass is 9.92. The van der Waals surface area contributed by atoms with Gasteiger partial charge in [0.05, 0.1) is 13.2 Å². The molecule has 0 radical (unpaired) electrons. The zero-order chi connectivity index (χ0) is 14.5. The van der Waals surface area contributed by atoms with Crippen LogP contribution in [0.5, 0.6) is 5.75 Å². The number of β-amino-alcohol motifs (C(OH)–C–C–N with tert-alkyl or cyclic N) is 1.